The second-order valence-electron chi connectivity index (χ2n) is 5.71. The predicted molar refractivity (Wildman–Crippen MR) is 83.6 cm³/mol. The quantitative estimate of drug-likeness (QED) is 0.878. The van der Waals surface area contributed by atoms with Crippen molar-refractivity contribution in [1.29, 1.82) is 0 Å². The Labute approximate surface area is 132 Å². The van der Waals surface area contributed by atoms with Crippen LogP contribution in [0.4, 0.5) is 0 Å². The maximum absolute atomic E-state index is 12.4. The molecule has 2 aliphatic rings. The number of likely N-dealkylation sites (tertiary alicyclic amines) is 1. The molecule has 3 nitrogen and oxygen atoms in total. The van der Waals surface area contributed by atoms with Gasteiger partial charge in [-0.25, -0.2) is 0 Å². The van der Waals surface area contributed by atoms with Crippen molar-refractivity contribution >= 4 is 33.4 Å². The van der Waals surface area contributed by atoms with E-state index in [1.165, 1.54) is 0 Å². The Morgan fingerprint density at radius 2 is 2.05 bits per heavy atom. The molecule has 2 N–H and O–H groups in total. The molecule has 5 heteroatoms. The van der Waals surface area contributed by atoms with Crippen LogP contribution in [0.2, 0.25) is 5.02 Å². The van der Waals surface area contributed by atoms with Crippen LogP contribution >= 0.6 is 27.5 Å². The Balaban J connectivity index is 2.00. The number of carbonyl (C=O) groups excluding carboxylic acids is 1. The average molecular weight is 358 g/mol. The lowest BCUT2D eigenvalue weighted by Gasteiger charge is -2.34. The highest BCUT2D eigenvalue weighted by Crippen LogP contribution is 2.40. The van der Waals surface area contributed by atoms with Gasteiger partial charge in [0.1, 0.15) is 0 Å². The van der Waals surface area contributed by atoms with Crippen molar-refractivity contribution in [3.8, 4) is 0 Å². The van der Waals surface area contributed by atoms with E-state index >= 15 is 0 Å². The van der Waals surface area contributed by atoms with Gasteiger partial charge in [-0.2, -0.15) is 0 Å². The summed E-state index contributed by atoms with van der Waals surface area (Å²) < 4.78 is 0.858. The number of hydrogen-bond donors (Lipinski definition) is 1. The summed E-state index contributed by atoms with van der Waals surface area (Å²) in [5.41, 5.74) is 7.45. The summed E-state index contributed by atoms with van der Waals surface area (Å²) in [5, 5.41) is 0.681. The van der Waals surface area contributed by atoms with Crippen LogP contribution in [0.25, 0.3) is 0 Å². The van der Waals surface area contributed by atoms with Gasteiger partial charge in [0, 0.05) is 23.0 Å². The molecule has 1 aromatic rings. The summed E-state index contributed by atoms with van der Waals surface area (Å²) >= 11 is 9.53. The van der Waals surface area contributed by atoms with E-state index in [9.17, 15) is 4.79 Å². The first kappa shape index (κ1) is 14.4. The van der Waals surface area contributed by atoms with Crippen LogP contribution in [0.1, 0.15) is 43.7 Å². The van der Waals surface area contributed by atoms with Gasteiger partial charge < -0.3 is 10.6 Å². The SMILES string of the molecule is NC1CCCC(=O)N(C2CC2)C1c1ccc(Cl)c(Br)c1. The highest BCUT2D eigenvalue weighted by atomic mass is 79.9. The smallest absolute Gasteiger partial charge is 0.223 e. The fraction of sp³-hybridized carbons (Fsp3) is 0.533. The number of nitrogens with zero attached hydrogens (tertiary/aromatic N) is 1. The minimum Gasteiger partial charge on any atom is -0.331 e. The van der Waals surface area contributed by atoms with Crippen molar-refractivity contribution < 1.29 is 4.79 Å². The number of amides is 1. The molecule has 2 unspecified atom stereocenters. The highest BCUT2D eigenvalue weighted by Gasteiger charge is 2.41. The second-order valence-corrected chi connectivity index (χ2v) is 6.97. The highest BCUT2D eigenvalue weighted by molar-refractivity contribution is 9.10. The monoisotopic (exact) mass is 356 g/mol. The first-order valence-electron chi connectivity index (χ1n) is 7.09. The standard InChI is InChI=1S/C15H18BrClN2O/c16-11-8-9(4-7-12(11)17)15-13(18)2-1-3-14(20)19(15)10-5-6-10/h4,7-8,10,13,15H,1-3,5-6,18H2. The molecule has 0 radical (unpaired) electrons. The number of hydrogen-bond acceptors (Lipinski definition) is 2. The number of benzene rings is 1. The summed E-state index contributed by atoms with van der Waals surface area (Å²) in [6.07, 6.45) is 4.59. The summed E-state index contributed by atoms with van der Waals surface area (Å²) in [7, 11) is 0. The number of halogens is 2. The molecule has 1 heterocycles. The van der Waals surface area contributed by atoms with E-state index in [-0.39, 0.29) is 18.0 Å². The van der Waals surface area contributed by atoms with Crippen molar-refractivity contribution in [1.82, 2.24) is 4.90 Å². The molecule has 0 spiro atoms. The van der Waals surface area contributed by atoms with Gasteiger partial charge in [0.25, 0.3) is 0 Å². The van der Waals surface area contributed by atoms with Crippen molar-refractivity contribution in [3.05, 3.63) is 33.3 Å². The largest absolute Gasteiger partial charge is 0.331 e. The fourth-order valence-corrected chi connectivity index (χ4v) is 3.54. The Hall–Kier alpha value is -0.580. The summed E-state index contributed by atoms with van der Waals surface area (Å²) in [6, 6.07) is 6.22. The van der Waals surface area contributed by atoms with Crippen LogP contribution in [0.5, 0.6) is 0 Å². The number of rotatable bonds is 2. The lowest BCUT2D eigenvalue weighted by Crippen LogP contribution is -2.43. The van der Waals surface area contributed by atoms with E-state index in [1.807, 2.05) is 23.1 Å². The zero-order valence-electron chi connectivity index (χ0n) is 11.2. The molecule has 1 aromatic carbocycles. The normalized spacial score (nSPS) is 27.6. The Morgan fingerprint density at radius 1 is 1.30 bits per heavy atom. The van der Waals surface area contributed by atoms with Gasteiger partial charge in [0.15, 0.2) is 0 Å². The van der Waals surface area contributed by atoms with Gasteiger partial charge in [-0.05, 0) is 59.3 Å². The summed E-state index contributed by atoms with van der Waals surface area (Å²) in [5.74, 6) is 0.247. The fourth-order valence-electron chi connectivity index (χ4n) is 3.02. The van der Waals surface area contributed by atoms with Gasteiger partial charge in [-0.1, -0.05) is 17.7 Å². The summed E-state index contributed by atoms with van der Waals surface area (Å²) in [6.45, 7) is 0. The Bertz CT molecular complexity index is 533. The third-order valence-corrected chi connectivity index (χ3v) is 5.36. The van der Waals surface area contributed by atoms with Crippen LogP contribution in [0.3, 0.4) is 0 Å². The van der Waals surface area contributed by atoms with Crippen molar-refractivity contribution in [3.63, 3.8) is 0 Å². The van der Waals surface area contributed by atoms with Gasteiger partial charge in [0.2, 0.25) is 5.91 Å². The van der Waals surface area contributed by atoms with Crippen molar-refractivity contribution in [2.24, 2.45) is 5.73 Å². The first-order chi connectivity index (χ1) is 9.58. The average Bonchev–Trinajstić information content (AvgIpc) is 3.22. The van der Waals surface area contributed by atoms with Crippen LogP contribution in [-0.4, -0.2) is 22.9 Å². The van der Waals surface area contributed by atoms with Gasteiger partial charge in [-0.15, -0.1) is 0 Å². The number of carbonyl (C=O) groups is 1. The van der Waals surface area contributed by atoms with Crippen LogP contribution in [0, 0.1) is 0 Å². The molecule has 3 rings (SSSR count). The number of nitrogens with two attached hydrogens (primary N) is 1. The van der Waals surface area contributed by atoms with E-state index in [0.717, 1.165) is 35.7 Å². The molecular formula is C15H18BrClN2O. The molecule has 0 bridgehead atoms. The molecule has 108 valence electrons. The van der Waals surface area contributed by atoms with Crippen LogP contribution < -0.4 is 5.73 Å². The third-order valence-electron chi connectivity index (χ3n) is 4.15. The van der Waals surface area contributed by atoms with Crippen molar-refractivity contribution in [2.45, 2.75) is 50.2 Å². The second kappa shape index (κ2) is 5.66. The topological polar surface area (TPSA) is 46.3 Å². The van der Waals surface area contributed by atoms with E-state index in [4.69, 9.17) is 17.3 Å². The minimum absolute atomic E-state index is 0.00451. The van der Waals surface area contributed by atoms with Crippen LogP contribution in [-0.2, 0) is 4.79 Å². The molecular weight excluding hydrogens is 340 g/mol. The minimum atomic E-state index is -0.0222. The molecule has 1 amide bonds. The zero-order valence-corrected chi connectivity index (χ0v) is 13.5. The lowest BCUT2D eigenvalue weighted by atomic mass is 9.96. The zero-order chi connectivity index (χ0) is 14.3. The maximum atomic E-state index is 12.4. The van der Waals surface area contributed by atoms with Crippen LogP contribution in [0.15, 0.2) is 22.7 Å². The molecule has 1 saturated heterocycles. The molecule has 2 atom stereocenters. The predicted octanol–water partition coefficient (Wildman–Crippen LogP) is 3.65. The van der Waals surface area contributed by atoms with Gasteiger partial charge >= 0.3 is 0 Å². The van der Waals surface area contributed by atoms with E-state index in [1.54, 1.807) is 0 Å². The lowest BCUT2D eigenvalue weighted by molar-refractivity contribution is -0.133. The Morgan fingerprint density at radius 3 is 2.70 bits per heavy atom. The molecule has 0 aromatic heterocycles. The third kappa shape index (κ3) is 2.74. The molecule has 1 aliphatic heterocycles. The Kier molecular flexibility index (Phi) is 4.07. The molecule has 1 aliphatic carbocycles. The maximum Gasteiger partial charge on any atom is 0.223 e. The first-order valence-corrected chi connectivity index (χ1v) is 8.26. The molecule has 1 saturated carbocycles. The van der Waals surface area contributed by atoms with E-state index < -0.39 is 0 Å². The van der Waals surface area contributed by atoms with Crippen molar-refractivity contribution in [2.75, 3.05) is 0 Å². The molecule has 2 fully saturated rings. The summed E-state index contributed by atoms with van der Waals surface area (Å²) in [4.78, 5) is 14.4. The van der Waals surface area contributed by atoms with E-state index in [0.29, 0.717) is 17.5 Å². The molecule has 20 heavy (non-hydrogen) atoms. The van der Waals surface area contributed by atoms with E-state index in [2.05, 4.69) is 15.9 Å². The van der Waals surface area contributed by atoms with Gasteiger partial charge in [-0.3, -0.25) is 4.79 Å². The van der Waals surface area contributed by atoms with Gasteiger partial charge in [0.05, 0.1) is 11.1 Å².